The number of phenols is 1. The SMILES string of the molecule is CC(O)S(=O)(=O)c1ccc(-c2ccc3c(O)cc(S(=O)(=O)O)cc3c2)c([N+](=O)[O-])c1N. The molecule has 31 heavy (non-hydrogen) atoms. The quantitative estimate of drug-likeness (QED) is 0.186. The van der Waals surface area contributed by atoms with Crippen molar-refractivity contribution in [2.24, 2.45) is 0 Å². The van der Waals surface area contributed by atoms with Gasteiger partial charge in [-0.1, -0.05) is 12.1 Å². The van der Waals surface area contributed by atoms with Crippen LogP contribution in [0, 0.1) is 10.1 Å². The maximum Gasteiger partial charge on any atom is 0.301 e. The van der Waals surface area contributed by atoms with Crippen molar-refractivity contribution in [3.8, 4) is 16.9 Å². The zero-order valence-electron chi connectivity index (χ0n) is 15.8. The lowest BCUT2D eigenvalue weighted by atomic mass is 9.99. The van der Waals surface area contributed by atoms with Crippen LogP contribution in [0.25, 0.3) is 21.9 Å². The van der Waals surface area contributed by atoms with Crippen LogP contribution in [0.15, 0.2) is 52.3 Å². The fourth-order valence-electron chi connectivity index (χ4n) is 3.09. The summed E-state index contributed by atoms with van der Waals surface area (Å²) in [5.74, 6) is -0.441. The number of nitrogen functional groups attached to an aromatic ring is 1. The summed E-state index contributed by atoms with van der Waals surface area (Å²) in [4.78, 5) is 9.62. The van der Waals surface area contributed by atoms with Crippen LogP contribution >= 0.6 is 0 Å². The van der Waals surface area contributed by atoms with Crippen molar-refractivity contribution < 1.29 is 36.5 Å². The Bertz CT molecular complexity index is 1450. The van der Waals surface area contributed by atoms with Gasteiger partial charge in [-0.25, -0.2) is 8.42 Å². The first-order chi connectivity index (χ1) is 14.2. The number of aromatic hydroxyl groups is 1. The topological polar surface area (TPSA) is 198 Å². The highest BCUT2D eigenvalue weighted by Gasteiger charge is 2.31. The number of aliphatic hydroxyl groups is 1. The van der Waals surface area contributed by atoms with Crippen molar-refractivity contribution in [3.63, 3.8) is 0 Å². The van der Waals surface area contributed by atoms with E-state index in [-0.39, 0.29) is 21.9 Å². The third-order valence-corrected chi connectivity index (χ3v) is 7.33. The van der Waals surface area contributed by atoms with Gasteiger partial charge in [0.2, 0.25) is 9.84 Å². The predicted molar refractivity (Wildman–Crippen MR) is 111 cm³/mol. The first-order valence-corrected chi connectivity index (χ1v) is 11.5. The first-order valence-electron chi connectivity index (χ1n) is 8.48. The molecule has 13 heteroatoms. The maximum atomic E-state index is 12.3. The molecule has 3 rings (SSSR count). The normalized spacial score (nSPS) is 13.3. The molecule has 0 saturated carbocycles. The lowest BCUT2D eigenvalue weighted by Gasteiger charge is -2.13. The van der Waals surface area contributed by atoms with Gasteiger partial charge in [-0.05, 0) is 42.1 Å². The molecule has 0 radical (unpaired) electrons. The number of hydrogen-bond acceptors (Lipinski definition) is 9. The molecule has 0 amide bonds. The van der Waals surface area contributed by atoms with E-state index < -0.39 is 57.2 Å². The highest BCUT2D eigenvalue weighted by Crippen LogP contribution is 2.41. The van der Waals surface area contributed by atoms with Gasteiger partial charge in [-0.2, -0.15) is 8.42 Å². The molecule has 0 aliphatic heterocycles. The molecule has 3 aromatic carbocycles. The molecule has 3 aromatic rings. The molecule has 1 unspecified atom stereocenters. The number of benzene rings is 3. The number of nitrogens with zero attached hydrogens (tertiary/aromatic N) is 1. The summed E-state index contributed by atoms with van der Waals surface area (Å²) in [6.45, 7) is 0.983. The van der Waals surface area contributed by atoms with Gasteiger partial charge in [0.1, 0.15) is 11.4 Å². The van der Waals surface area contributed by atoms with E-state index in [9.17, 15) is 41.7 Å². The minimum Gasteiger partial charge on any atom is -0.507 e. The minimum atomic E-state index is -4.63. The maximum absolute atomic E-state index is 12.3. The summed E-state index contributed by atoms with van der Waals surface area (Å²) in [7, 11) is -8.96. The van der Waals surface area contributed by atoms with Gasteiger partial charge < -0.3 is 15.9 Å². The second-order valence-electron chi connectivity index (χ2n) is 6.63. The summed E-state index contributed by atoms with van der Waals surface area (Å²) in [5, 5.41) is 31.6. The number of nitro groups is 1. The summed E-state index contributed by atoms with van der Waals surface area (Å²) in [5.41, 5.74) is 2.63. The number of rotatable bonds is 5. The largest absolute Gasteiger partial charge is 0.507 e. The van der Waals surface area contributed by atoms with E-state index in [0.717, 1.165) is 31.2 Å². The third-order valence-electron chi connectivity index (χ3n) is 4.63. The Morgan fingerprint density at radius 3 is 2.26 bits per heavy atom. The Balaban J connectivity index is 2.32. The van der Waals surface area contributed by atoms with Crippen LogP contribution in [-0.2, 0) is 20.0 Å². The van der Waals surface area contributed by atoms with E-state index in [1.807, 2.05) is 0 Å². The van der Waals surface area contributed by atoms with Crippen LogP contribution in [-0.4, -0.2) is 42.0 Å². The third kappa shape index (κ3) is 3.90. The molecule has 0 heterocycles. The molecule has 0 aliphatic carbocycles. The van der Waals surface area contributed by atoms with Gasteiger partial charge in [0.15, 0.2) is 5.44 Å². The van der Waals surface area contributed by atoms with E-state index in [4.69, 9.17) is 5.73 Å². The van der Waals surface area contributed by atoms with E-state index >= 15 is 0 Å². The van der Waals surface area contributed by atoms with Crippen molar-refractivity contribution >= 4 is 42.1 Å². The van der Waals surface area contributed by atoms with E-state index in [1.54, 1.807) is 0 Å². The van der Waals surface area contributed by atoms with Crippen molar-refractivity contribution in [2.45, 2.75) is 22.2 Å². The fraction of sp³-hybridized carbons (Fsp3) is 0.111. The lowest BCUT2D eigenvalue weighted by molar-refractivity contribution is -0.383. The molecule has 0 bridgehead atoms. The number of sulfone groups is 1. The van der Waals surface area contributed by atoms with Crippen LogP contribution in [0.2, 0.25) is 0 Å². The highest BCUT2D eigenvalue weighted by molar-refractivity contribution is 7.92. The Morgan fingerprint density at radius 1 is 1.06 bits per heavy atom. The lowest BCUT2D eigenvalue weighted by Crippen LogP contribution is -2.19. The molecule has 0 spiro atoms. The molecule has 5 N–H and O–H groups in total. The smallest absolute Gasteiger partial charge is 0.301 e. The number of nitrogens with two attached hydrogens (primary N) is 1. The Morgan fingerprint density at radius 2 is 1.71 bits per heavy atom. The van der Waals surface area contributed by atoms with E-state index in [1.165, 1.54) is 18.2 Å². The number of fused-ring (bicyclic) bond motifs is 1. The average molecular weight is 468 g/mol. The number of aliphatic hydroxyl groups excluding tert-OH is 1. The summed E-state index contributed by atoms with van der Waals surface area (Å²) in [6, 6.07) is 8.15. The minimum absolute atomic E-state index is 0.0781. The van der Waals surface area contributed by atoms with E-state index in [2.05, 4.69) is 0 Å². The average Bonchev–Trinajstić information content (AvgIpc) is 2.65. The monoisotopic (exact) mass is 468 g/mol. The van der Waals surface area contributed by atoms with Crippen molar-refractivity contribution in [1.29, 1.82) is 0 Å². The van der Waals surface area contributed by atoms with Gasteiger partial charge in [-0.3, -0.25) is 14.7 Å². The van der Waals surface area contributed by atoms with Crippen LogP contribution in [0.3, 0.4) is 0 Å². The molecule has 11 nitrogen and oxygen atoms in total. The van der Waals surface area contributed by atoms with Crippen LogP contribution in [0.5, 0.6) is 5.75 Å². The Labute approximate surface area is 176 Å². The predicted octanol–water partition coefficient (Wildman–Crippen LogP) is 2.06. The number of anilines is 1. The second-order valence-corrected chi connectivity index (χ2v) is 10.3. The molecule has 0 saturated heterocycles. The Hall–Kier alpha value is -3.26. The van der Waals surface area contributed by atoms with Crippen LogP contribution < -0.4 is 5.73 Å². The first kappa shape index (κ1) is 22.4. The Kier molecular flexibility index (Phi) is 5.40. The zero-order chi connectivity index (χ0) is 23.3. The van der Waals surface area contributed by atoms with E-state index in [0.29, 0.717) is 0 Å². The standard InChI is InChI=1S/C18H16N2O9S2/c1-9(21)30(25,26)16-5-4-14(18(17(16)19)20(23)24)10-2-3-13-11(6-10)7-12(8-15(13)22)31(27,28)29/h2-9,21-22H,19H2,1H3,(H,27,28,29). The molecule has 0 aliphatic rings. The van der Waals surface area contributed by atoms with Gasteiger partial charge in [-0.15, -0.1) is 0 Å². The summed E-state index contributed by atoms with van der Waals surface area (Å²) >= 11 is 0. The molecule has 164 valence electrons. The zero-order valence-corrected chi connectivity index (χ0v) is 17.4. The second kappa shape index (κ2) is 7.46. The van der Waals surface area contributed by atoms with Gasteiger partial charge in [0.05, 0.1) is 20.3 Å². The number of hydrogen-bond donors (Lipinski definition) is 4. The van der Waals surface area contributed by atoms with Crippen LogP contribution in [0.1, 0.15) is 6.92 Å². The van der Waals surface area contributed by atoms with Crippen LogP contribution in [0.4, 0.5) is 11.4 Å². The van der Waals surface area contributed by atoms with Gasteiger partial charge in [0, 0.05) is 11.5 Å². The molecule has 0 aromatic heterocycles. The molecular weight excluding hydrogens is 452 g/mol. The highest BCUT2D eigenvalue weighted by atomic mass is 32.2. The fourth-order valence-corrected chi connectivity index (χ4v) is 4.66. The van der Waals surface area contributed by atoms with Crippen molar-refractivity contribution in [2.75, 3.05) is 5.73 Å². The van der Waals surface area contributed by atoms with Gasteiger partial charge in [0.25, 0.3) is 10.1 Å². The number of nitro benzene ring substituents is 1. The van der Waals surface area contributed by atoms with Gasteiger partial charge >= 0.3 is 5.69 Å². The van der Waals surface area contributed by atoms with Crippen molar-refractivity contribution in [1.82, 2.24) is 0 Å². The van der Waals surface area contributed by atoms with Crippen molar-refractivity contribution in [3.05, 3.63) is 52.6 Å². The molecule has 1 atom stereocenters. The molecule has 0 fully saturated rings. The summed E-state index contributed by atoms with van der Waals surface area (Å²) < 4.78 is 56.6. The molecular formula is C18H16N2O9S2. The number of phenolic OH excluding ortho intramolecular Hbond substituents is 1. The summed E-state index contributed by atoms with van der Waals surface area (Å²) in [6.07, 6.45) is 0.